The minimum atomic E-state index is 0.0787. The normalized spacial score (nSPS) is 18.7. The summed E-state index contributed by atoms with van der Waals surface area (Å²) in [6.07, 6.45) is 1.06. The molecule has 0 amide bonds. The predicted octanol–water partition coefficient (Wildman–Crippen LogP) is 1.40. The summed E-state index contributed by atoms with van der Waals surface area (Å²) in [6.45, 7) is 6.18. The van der Waals surface area contributed by atoms with E-state index in [-0.39, 0.29) is 6.04 Å². The van der Waals surface area contributed by atoms with Gasteiger partial charge in [0.2, 0.25) is 0 Å². The van der Waals surface area contributed by atoms with Crippen molar-refractivity contribution in [2.45, 2.75) is 32.9 Å². The second-order valence-corrected chi connectivity index (χ2v) is 4.55. The molecule has 1 aromatic heterocycles. The van der Waals surface area contributed by atoms with Gasteiger partial charge in [-0.1, -0.05) is 0 Å². The Morgan fingerprint density at radius 1 is 1.53 bits per heavy atom. The van der Waals surface area contributed by atoms with E-state index in [1.54, 1.807) is 0 Å². The molecule has 0 aromatic carbocycles. The van der Waals surface area contributed by atoms with E-state index in [1.165, 1.54) is 16.8 Å². The molecule has 2 rings (SSSR count). The molecule has 15 heavy (non-hydrogen) atoms. The molecule has 1 aliphatic rings. The van der Waals surface area contributed by atoms with E-state index in [9.17, 15) is 0 Å². The lowest BCUT2D eigenvalue weighted by atomic mass is 9.99. The van der Waals surface area contributed by atoms with Crippen LogP contribution < -0.4 is 5.73 Å². The third kappa shape index (κ3) is 2.03. The standard InChI is InChI=1S/C12H19N3/c1-8(13)11-6-10-7-15(3)5-4-12(10)14-9(11)2/h6,8H,4-5,7,13H2,1-3H3. The highest BCUT2D eigenvalue weighted by Crippen LogP contribution is 2.22. The van der Waals surface area contributed by atoms with Crippen molar-refractivity contribution in [3.8, 4) is 0 Å². The molecule has 0 fully saturated rings. The summed E-state index contributed by atoms with van der Waals surface area (Å²) in [6, 6.07) is 2.31. The van der Waals surface area contributed by atoms with Gasteiger partial charge in [0.1, 0.15) is 0 Å². The Balaban J connectivity index is 2.42. The van der Waals surface area contributed by atoms with Gasteiger partial charge in [-0.15, -0.1) is 0 Å². The summed E-state index contributed by atoms with van der Waals surface area (Å²) in [5.41, 5.74) is 10.8. The first-order valence-electron chi connectivity index (χ1n) is 5.51. The molecular formula is C12H19N3. The zero-order valence-corrected chi connectivity index (χ0v) is 9.75. The van der Waals surface area contributed by atoms with Gasteiger partial charge in [-0.2, -0.15) is 0 Å². The zero-order chi connectivity index (χ0) is 11.0. The summed E-state index contributed by atoms with van der Waals surface area (Å²) >= 11 is 0. The molecule has 0 spiro atoms. The van der Waals surface area contributed by atoms with Crippen LogP contribution in [0.15, 0.2) is 6.07 Å². The SMILES string of the molecule is Cc1nc2c(cc1C(C)N)CN(C)CC2. The second-order valence-electron chi connectivity index (χ2n) is 4.55. The van der Waals surface area contributed by atoms with Crippen LogP contribution in [0, 0.1) is 6.92 Å². The fourth-order valence-electron chi connectivity index (χ4n) is 2.20. The maximum Gasteiger partial charge on any atom is 0.0464 e. The highest BCUT2D eigenvalue weighted by Gasteiger charge is 2.17. The highest BCUT2D eigenvalue weighted by molar-refractivity contribution is 5.33. The molecule has 0 saturated heterocycles. The van der Waals surface area contributed by atoms with Crippen molar-refractivity contribution < 1.29 is 0 Å². The molecule has 2 heterocycles. The van der Waals surface area contributed by atoms with Crippen LogP contribution in [0.3, 0.4) is 0 Å². The third-order valence-corrected chi connectivity index (χ3v) is 3.08. The van der Waals surface area contributed by atoms with Gasteiger partial charge in [-0.25, -0.2) is 0 Å². The van der Waals surface area contributed by atoms with Crippen LogP contribution in [0.5, 0.6) is 0 Å². The molecule has 0 bridgehead atoms. The van der Waals surface area contributed by atoms with Crippen LogP contribution in [0.2, 0.25) is 0 Å². The number of hydrogen-bond donors (Lipinski definition) is 1. The lowest BCUT2D eigenvalue weighted by Crippen LogP contribution is -2.28. The van der Waals surface area contributed by atoms with Crippen molar-refractivity contribution in [1.82, 2.24) is 9.88 Å². The topological polar surface area (TPSA) is 42.1 Å². The van der Waals surface area contributed by atoms with E-state index in [4.69, 9.17) is 5.73 Å². The largest absolute Gasteiger partial charge is 0.324 e. The summed E-state index contributed by atoms with van der Waals surface area (Å²) in [4.78, 5) is 6.99. The van der Waals surface area contributed by atoms with Gasteiger partial charge in [0.15, 0.2) is 0 Å². The molecule has 0 aliphatic carbocycles. The Morgan fingerprint density at radius 2 is 2.27 bits per heavy atom. The van der Waals surface area contributed by atoms with Gasteiger partial charge < -0.3 is 10.6 Å². The van der Waals surface area contributed by atoms with Crippen molar-refractivity contribution >= 4 is 0 Å². The third-order valence-electron chi connectivity index (χ3n) is 3.08. The van der Waals surface area contributed by atoms with E-state index in [0.717, 1.165) is 25.2 Å². The maximum atomic E-state index is 5.93. The van der Waals surface area contributed by atoms with Crippen molar-refractivity contribution in [3.63, 3.8) is 0 Å². The average Bonchev–Trinajstić information content (AvgIpc) is 2.17. The predicted molar refractivity (Wildman–Crippen MR) is 61.6 cm³/mol. The summed E-state index contributed by atoms with van der Waals surface area (Å²) < 4.78 is 0. The summed E-state index contributed by atoms with van der Waals surface area (Å²) in [5.74, 6) is 0. The number of hydrogen-bond acceptors (Lipinski definition) is 3. The average molecular weight is 205 g/mol. The second kappa shape index (κ2) is 3.91. The van der Waals surface area contributed by atoms with E-state index in [0.29, 0.717) is 0 Å². The molecule has 1 atom stereocenters. The van der Waals surface area contributed by atoms with Gasteiger partial charge >= 0.3 is 0 Å². The molecule has 2 N–H and O–H groups in total. The van der Waals surface area contributed by atoms with E-state index in [2.05, 4.69) is 29.9 Å². The van der Waals surface area contributed by atoms with Crippen molar-refractivity contribution in [3.05, 3.63) is 28.6 Å². The van der Waals surface area contributed by atoms with E-state index >= 15 is 0 Å². The van der Waals surface area contributed by atoms with Crippen molar-refractivity contribution in [1.29, 1.82) is 0 Å². The minimum absolute atomic E-state index is 0.0787. The number of fused-ring (bicyclic) bond motifs is 1. The van der Waals surface area contributed by atoms with Crippen molar-refractivity contribution in [2.75, 3.05) is 13.6 Å². The van der Waals surface area contributed by atoms with Gasteiger partial charge in [-0.3, -0.25) is 4.98 Å². The molecular weight excluding hydrogens is 186 g/mol. The first-order chi connectivity index (χ1) is 7.08. The van der Waals surface area contributed by atoms with Gasteiger partial charge in [-0.05, 0) is 38.1 Å². The number of nitrogens with two attached hydrogens (primary N) is 1. The lowest BCUT2D eigenvalue weighted by Gasteiger charge is -2.25. The first kappa shape index (κ1) is 10.6. The Kier molecular flexibility index (Phi) is 2.76. The molecule has 0 saturated carbocycles. The van der Waals surface area contributed by atoms with Gasteiger partial charge in [0.25, 0.3) is 0 Å². The van der Waals surface area contributed by atoms with Crippen molar-refractivity contribution in [2.24, 2.45) is 5.73 Å². The molecule has 1 unspecified atom stereocenters. The molecule has 3 nitrogen and oxygen atoms in total. The lowest BCUT2D eigenvalue weighted by molar-refractivity contribution is 0.309. The molecule has 1 aromatic rings. The number of nitrogens with zero attached hydrogens (tertiary/aromatic N) is 2. The maximum absolute atomic E-state index is 5.93. The van der Waals surface area contributed by atoms with Crippen LogP contribution in [0.4, 0.5) is 0 Å². The van der Waals surface area contributed by atoms with Crippen LogP contribution in [0.1, 0.15) is 35.5 Å². The fraction of sp³-hybridized carbons (Fsp3) is 0.583. The monoisotopic (exact) mass is 205 g/mol. The summed E-state index contributed by atoms with van der Waals surface area (Å²) in [7, 11) is 2.15. The number of rotatable bonds is 1. The van der Waals surface area contributed by atoms with Crippen LogP contribution in [-0.2, 0) is 13.0 Å². The minimum Gasteiger partial charge on any atom is -0.324 e. The quantitative estimate of drug-likeness (QED) is 0.753. The molecule has 1 aliphatic heterocycles. The molecule has 3 heteroatoms. The number of likely N-dealkylation sites (N-methyl/N-ethyl adjacent to an activating group) is 1. The Labute approximate surface area is 91.3 Å². The Bertz CT molecular complexity index is 371. The van der Waals surface area contributed by atoms with E-state index < -0.39 is 0 Å². The Morgan fingerprint density at radius 3 is 2.93 bits per heavy atom. The van der Waals surface area contributed by atoms with Crippen LogP contribution in [-0.4, -0.2) is 23.5 Å². The van der Waals surface area contributed by atoms with Gasteiger partial charge in [0, 0.05) is 36.9 Å². The fourth-order valence-corrected chi connectivity index (χ4v) is 2.20. The zero-order valence-electron chi connectivity index (χ0n) is 9.75. The Hall–Kier alpha value is -0.930. The molecule has 82 valence electrons. The molecule has 0 radical (unpaired) electrons. The van der Waals surface area contributed by atoms with Crippen LogP contribution >= 0.6 is 0 Å². The van der Waals surface area contributed by atoms with E-state index in [1.807, 2.05) is 6.92 Å². The van der Waals surface area contributed by atoms with Crippen LogP contribution in [0.25, 0.3) is 0 Å². The number of aromatic nitrogens is 1. The number of aryl methyl sites for hydroxylation is 1. The van der Waals surface area contributed by atoms with Gasteiger partial charge in [0.05, 0.1) is 0 Å². The smallest absolute Gasteiger partial charge is 0.0464 e. The first-order valence-corrected chi connectivity index (χ1v) is 5.51. The summed E-state index contributed by atoms with van der Waals surface area (Å²) in [5, 5.41) is 0. The highest BCUT2D eigenvalue weighted by atomic mass is 15.1. The number of pyridine rings is 1.